The van der Waals surface area contributed by atoms with Gasteiger partial charge in [-0.2, -0.15) is 17.0 Å². The molecule has 0 saturated carbocycles. The summed E-state index contributed by atoms with van der Waals surface area (Å²) < 4.78 is 36.0. The number of nitrogens with one attached hydrogen (secondary N) is 1. The SMILES string of the molecule is COCOc1c(OC)c(C)cc2c1[C@@H]1N[C@H](C2)[C@H](C#N)N2C1C[C@]1(O)C(=O)C(C)=C3OCOC3=C1[C@@H]2COC(=O)C(CSCC1c2ccccc2-c2ccccc21)CC(C)(C)[Si](C)(C)O. The van der Waals surface area contributed by atoms with E-state index >= 15 is 0 Å². The molecule has 3 N–H and O–H groups in total. The number of ketones is 1. The van der Waals surface area contributed by atoms with Gasteiger partial charge in [-0.05, 0) is 78.2 Å². The molecule has 15 heteroatoms. The molecule has 4 aliphatic heterocycles. The lowest BCUT2D eigenvalue weighted by Crippen LogP contribution is -2.74. The standard InChI is InChI=1S/C50H59N3O10SSi/c1-27-17-29-18-36-38(21-51)53-37(42(52-36)40(29)45(43(27)59-6)61-25-58-5)20-50(56)41(46-44(62-26-63-46)28(2)47(50)54)39(53)22-60-48(55)30(19-49(3,4)65(7,8)57)23-64-24-35-33-15-11-9-13-31(33)32-14-10-12-16-34(32)35/h9-17,30,35-39,42,52,56-57H,18-20,22-26H2,1-8H3/t30?,36-,37?,38+,39+,42-,50-/m1/s1. The van der Waals surface area contributed by atoms with Crippen LogP contribution in [0.4, 0.5) is 0 Å². The third kappa shape index (κ3) is 7.49. The molecule has 0 aromatic heterocycles. The van der Waals surface area contributed by atoms with Crippen LogP contribution < -0.4 is 14.8 Å². The number of thioether (sulfide) groups is 1. The van der Waals surface area contributed by atoms with E-state index in [-0.39, 0.29) is 61.2 Å². The lowest BCUT2D eigenvalue weighted by atomic mass is 9.65. The van der Waals surface area contributed by atoms with E-state index in [0.717, 1.165) is 22.4 Å². The number of ether oxygens (including phenoxy) is 6. The number of hydrogen-bond acceptors (Lipinski definition) is 14. The van der Waals surface area contributed by atoms with Crippen LogP contribution in [0.25, 0.3) is 11.1 Å². The van der Waals surface area contributed by atoms with Crippen LogP contribution in [-0.2, 0) is 35.0 Å². The number of aliphatic hydroxyl groups is 1. The Bertz CT molecular complexity index is 2480. The molecule has 3 aromatic carbocycles. The number of esters is 1. The van der Waals surface area contributed by atoms with E-state index in [2.05, 4.69) is 66.0 Å². The van der Waals surface area contributed by atoms with E-state index < -0.39 is 60.8 Å². The van der Waals surface area contributed by atoms with Crippen LogP contribution in [0, 0.1) is 24.2 Å². The van der Waals surface area contributed by atoms with Crippen LogP contribution >= 0.6 is 11.8 Å². The summed E-state index contributed by atoms with van der Waals surface area (Å²) in [4.78, 5) is 42.9. The second-order valence-corrected chi connectivity index (χ2v) is 25.0. The van der Waals surface area contributed by atoms with Crippen molar-refractivity contribution in [2.75, 3.05) is 45.9 Å². The number of rotatable bonds is 14. The number of methoxy groups -OCH3 is 2. The van der Waals surface area contributed by atoms with Gasteiger partial charge in [0, 0.05) is 59.7 Å². The maximum Gasteiger partial charge on any atom is 0.309 e. The Morgan fingerprint density at radius 2 is 1.75 bits per heavy atom. The van der Waals surface area contributed by atoms with E-state index in [0.29, 0.717) is 30.1 Å². The van der Waals surface area contributed by atoms with Crippen LogP contribution in [0.5, 0.6) is 11.5 Å². The predicted octanol–water partition coefficient (Wildman–Crippen LogP) is 6.81. The highest BCUT2D eigenvalue weighted by molar-refractivity contribution is 7.99. The molecule has 2 bridgehead atoms. The molecule has 7 atom stereocenters. The molecule has 9 rings (SSSR count). The minimum atomic E-state index is -2.78. The Morgan fingerprint density at radius 1 is 1.08 bits per heavy atom. The first-order valence-corrected chi connectivity index (χ1v) is 26.5. The van der Waals surface area contributed by atoms with E-state index in [9.17, 15) is 24.8 Å². The van der Waals surface area contributed by atoms with Gasteiger partial charge in [0.1, 0.15) is 12.6 Å². The number of aryl methyl sites for hydroxylation is 1. The van der Waals surface area contributed by atoms with Gasteiger partial charge in [0.15, 0.2) is 49.5 Å². The van der Waals surface area contributed by atoms with E-state index in [4.69, 9.17) is 28.4 Å². The first-order valence-electron chi connectivity index (χ1n) is 22.4. The molecule has 0 spiro atoms. The summed E-state index contributed by atoms with van der Waals surface area (Å²) in [6.07, 6.45) is 0.764. The van der Waals surface area contributed by atoms with Gasteiger partial charge in [-0.25, -0.2) is 0 Å². The van der Waals surface area contributed by atoms with Crippen molar-refractivity contribution in [1.29, 1.82) is 5.26 Å². The molecule has 3 saturated heterocycles. The van der Waals surface area contributed by atoms with Crippen molar-refractivity contribution < 1.29 is 47.9 Å². The fourth-order valence-corrected chi connectivity index (χ4v) is 13.3. The Hall–Kier alpha value is -4.66. The summed E-state index contributed by atoms with van der Waals surface area (Å²) in [5, 5.41) is 27.2. The van der Waals surface area contributed by atoms with Crippen molar-refractivity contribution in [3.63, 3.8) is 0 Å². The lowest BCUT2D eigenvalue weighted by Gasteiger charge is -2.59. The van der Waals surface area contributed by atoms with Crippen molar-refractivity contribution in [2.24, 2.45) is 5.92 Å². The summed E-state index contributed by atoms with van der Waals surface area (Å²) >= 11 is 1.70. The third-order valence-corrected chi connectivity index (χ3v) is 19.8. The topological polar surface area (TPSA) is 169 Å². The van der Waals surface area contributed by atoms with E-state index in [1.807, 2.05) is 38.8 Å². The first-order chi connectivity index (χ1) is 31.0. The molecule has 3 aromatic rings. The molecule has 6 aliphatic rings. The van der Waals surface area contributed by atoms with Crippen molar-refractivity contribution in [1.82, 2.24) is 10.2 Å². The third-order valence-electron chi connectivity index (χ3n) is 15.1. The van der Waals surface area contributed by atoms with Gasteiger partial charge in [-0.1, -0.05) is 68.4 Å². The van der Waals surface area contributed by atoms with Gasteiger partial charge in [0.25, 0.3) is 0 Å². The highest BCUT2D eigenvalue weighted by Gasteiger charge is 2.63. The fourth-order valence-electron chi connectivity index (χ4n) is 11.2. The number of nitrogens with zero attached hydrogens (tertiary/aromatic N) is 2. The molecule has 2 unspecified atom stereocenters. The highest BCUT2D eigenvalue weighted by Crippen LogP contribution is 2.55. The van der Waals surface area contributed by atoms with E-state index in [1.54, 1.807) is 32.9 Å². The normalized spacial score (nSPS) is 26.1. The molecule has 13 nitrogen and oxygen atoms in total. The maximum absolute atomic E-state index is 14.9. The highest BCUT2D eigenvalue weighted by atomic mass is 32.2. The zero-order chi connectivity index (χ0) is 46.2. The fraction of sp³-hybridized carbons (Fsp3) is 0.500. The first kappa shape index (κ1) is 45.5. The molecule has 344 valence electrons. The molecule has 2 aliphatic carbocycles. The summed E-state index contributed by atoms with van der Waals surface area (Å²) in [7, 11) is 0.340. The van der Waals surface area contributed by atoms with Crippen LogP contribution in [0.3, 0.4) is 0 Å². The second kappa shape index (κ2) is 17.2. The van der Waals surface area contributed by atoms with Crippen molar-refractivity contribution in [2.45, 2.75) is 107 Å². The second-order valence-electron chi connectivity index (χ2n) is 19.5. The summed E-state index contributed by atoms with van der Waals surface area (Å²) in [6, 6.07) is 18.3. The van der Waals surface area contributed by atoms with Gasteiger partial charge in [0.2, 0.25) is 6.79 Å². The minimum absolute atomic E-state index is 0.0492. The van der Waals surface area contributed by atoms with Crippen LogP contribution in [0.15, 0.2) is 77.3 Å². The van der Waals surface area contributed by atoms with Crippen LogP contribution in [0.2, 0.25) is 18.1 Å². The minimum Gasteiger partial charge on any atom is -0.493 e. The van der Waals surface area contributed by atoms with Gasteiger partial charge in [0.05, 0.1) is 31.2 Å². The van der Waals surface area contributed by atoms with Crippen LogP contribution in [0.1, 0.15) is 73.4 Å². The maximum atomic E-state index is 14.9. The lowest BCUT2D eigenvalue weighted by molar-refractivity contribution is -0.155. The number of carbonyl (C=O) groups is 2. The number of nitriles is 1. The monoisotopic (exact) mass is 921 g/mol. The Labute approximate surface area is 386 Å². The molecule has 0 amide bonds. The van der Waals surface area contributed by atoms with Crippen molar-refractivity contribution in [3.05, 3.63) is 105 Å². The molecule has 65 heavy (non-hydrogen) atoms. The van der Waals surface area contributed by atoms with Gasteiger partial charge < -0.3 is 43.6 Å². The average Bonchev–Trinajstić information content (AvgIpc) is 3.89. The van der Waals surface area contributed by atoms with Crippen molar-refractivity contribution >= 4 is 31.8 Å². The van der Waals surface area contributed by atoms with Gasteiger partial charge in [-0.3, -0.25) is 14.5 Å². The van der Waals surface area contributed by atoms with E-state index in [1.165, 1.54) is 22.3 Å². The van der Waals surface area contributed by atoms with Crippen molar-refractivity contribution in [3.8, 4) is 28.7 Å². The number of hydrogen-bond donors (Lipinski definition) is 3. The summed E-state index contributed by atoms with van der Waals surface area (Å²) in [5.74, 6) is 1.26. The largest absolute Gasteiger partial charge is 0.493 e. The number of carbonyl (C=O) groups excluding carboxylic acids is 2. The number of piperidine rings is 1. The predicted molar refractivity (Wildman–Crippen MR) is 248 cm³/mol. The zero-order valence-corrected chi connectivity index (χ0v) is 40.2. The summed E-state index contributed by atoms with van der Waals surface area (Å²) in [5.41, 5.74) is 6.00. The molecular weight excluding hydrogens is 863 g/mol. The number of piperazine rings is 1. The number of Topliss-reactive ketones (excluding diaryl/α,β-unsaturated/α-hetero) is 1. The average molecular weight is 922 g/mol. The summed E-state index contributed by atoms with van der Waals surface area (Å²) in [6.45, 7) is 10.9. The number of benzene rings is 3. The smallest absolute Gasteiger partial charge is 0.309 e. The molecule has 0 radical (unpaired) electrons. The van der Waals surface area contributed by atoms with Crippen LogP contribution in [-0.4, -0.2) is 111 Å². The molecule has 3 fully saturated rings. The molecular formula is C50H59N3O10SSi. The quantitative estimate of drug-likeness (QED) is 0.0876. The Kier molecular flexibility index (Phi) is 12.0. The van der Waals surface area contributed by atoms with Gasteiger partial charge in [-0.15, -0.1) is 0 Å². The van der Waals surface area contributed by atoms with Gasteiger partial charge >= 0.3 is 5.97 Å². The Balaban J connectivity index is 1.08. The number of fused-ring (bicyclic) bond motifs is 11. The zero-order valence-electron chi connectivity index (χ0n) is 38.4. The molecule has 4 heterocycles. The Morgan fingerprint density at radius 3 is 2.40 bits per heavy atom.